The van der Waals surface area contributed by atoms with Crippen molar-refractivity contribution in [1.29, 1.82) is 0 Å². The van der Waals surface area contributed by atoms with Gasteiger partial charge in [-0.3, -0.25) is 0 Å². The third-order valence-corrected chi connectivity index (χ3v) is 7.69. The molecule has 0 rings (SSSR count). The summed E-state index contributed by atoms with van der Waals surface area (Å²) in [5.41, 5.74) is 0.394. The van der Waals surface area contributed by atoms with E-state index in [2.05, 4.69) is 83.1 Å². The summed E-state index contributed by atoms with van der Waals surface area (Å²) in [4.78, 5) is 0. The van der Waals surface area contributed by atoms with E-state index in [9.17, 15) is 0 Å². The van der Waals surface area contributed by atoms with Gasteiger partial charge in [0.1, 0.15) is 0 Å². The third-order valence-electron chi connectivity index (χ3n) is 7.69. The molecular weight excluding hydrogens is 252 g/mol. The van der Waals surface area contributed by atoms with E-state index in [0.717, 1.165) is 47.3 Å². The molecule has 0 aromatic carbocycles. The topological polar surface area (TPSA) is 0 Å². The van der Waals surface area contributed by atoms with Crippen LogP contribution in [-0.4, -0.2) is 0 Å². The minimum Gasteiger partial charge on any atom is -0.0625 e. The normalized spacial score (nSPS) is 22.0. The number of hydrogen-bond acceptors (Lipinski definition) is 0. The molecule has 0 nitrogen and oxygen atoms in total. The zero-order chi connectivity index (χ0) is 17.1. The standard InChI is InChI=1S/C21H44/c1-13(2)15(5)17(7)19(9)21(11,12)20(10)18(8)16(6)14(3)4/h13-20H,1-12H3. The summed E-state index contributed by atoms with van der Waals surface area (Å²) < 4.78 is 0. The Morgan fingerprint density at radius 3 is 0.857 bits per heavy atom. The molecule has 0 saturated heterocycles. The molecule has 0 spiro atoms. The SMILES string of the molecule is CC(C)C(C)C(C)C(C)C(C)(C)C(C)C(C)C(C)C(C)C. The largest absolute Gasteiger partial charge is 0.0625 e. The van der Waals surface area contributed by atoms with Crippen LogP contribution in [0.15, 0.2) is 0 Å². The smallest absolute Gasteiger partial charge is 0.0298 e. The predicted octanol–water partition coefficient (Wildman–Crippen LogP) is 7.14. The highest BCUT2D eigenvalue weighted by molar-refractivity contribution is 4.89. The molecule has 0 aliphatic carbocycles. The molecule has 6 unspecified atom stereocenters. The molecule has 0 fully saturated rings. The molecule has 0 amide bonds. The summed E-state index contributed by atoms with van der Waals surface area (Å²) in [6.07, 6.45) is 0. The first-order valence-corrected chi connectivity index (χ1v) is 9.35. The zero-order valence-corrected chi connectivity index (χ0v) is 17.1. The van der Waals surface area contributed by atoms with E-state index in [1.807, 2.05) is 0 Å². The molecule has 21 heavy (non-hydrogen) atoms. The highest BCUT2D eigenvalue weighted by Gasteiger charge is 2.40. The Morgan fingerprint density at radius 2 is 0.667 bits per heavy atom. The van der Waals surface area contributed by atoms with E-state index in [0.29, 0.717) is 5.41 Å². The predicted molar refractivity (Wildman–Crippen MR) is 98.4 cm³/mol. The second-order valence-corrected chi connectivity index (χ2v) is 9.32. The Labute approximate surface area is 136 Å². The van der Waals surface area contributed by atoms with E-state index in [1.54, 1.807) is 0 Å². The lowest BCUT2D eigenvalue weighted by Gasteiger charge is -2.47. The molecule has 0 saturated carbocycles. The van der Waals surface area contributed by atoms with Crippen LogP contribution in [0.3, 0.4) is 0 Å². The van der Waals surface area contributed by atoms with Crippen molar-refractivity contribution < 1.29 is 0 Å². The van der Waals surface area contributed by atoms with Gasteiger partial charge in [0.15, 0.2) is 0 Å². The lowest BCUT2D eigenvalue weighted by atomic mass is 9.58. The molecule has 0 aromatic rings. The van der Waals surface area contributed by atoms with Crippen molar-refractivity contribution in [2.75, 3.05) is 0 Å². The van der Waals surface area contributed by atoms with Crippen LogP contribution in [0, 0.1) is 52.8 Å². The fraction of sp³-hybridized carbons (Fsp3) is 1.00. The second kappa shape index (κ2) is 8.02. The first-order valence-electron chi connectivity index (χ1n) is 9.35. The van der Waals surface area contributed by atoms with Gasteiger partial charge in [-0.2, -0.15) is 0 Å². The fourth-order valence-corrected chi connectivity index (χ4v) is 3.89. The van der Waals surface area contributed by atoms with Crippen LogP contribution in [0.1, 0.15) is 83.1 Å². The third kappa shape index (κ3) is 5.00. The molecule has 0 aliphatic heterocycles. The number of rotatable bonds is 8. The van der Waals surface area contributed by atoms with Crippen molar-refractivity contribution in [1.82, 2.24) is 0 Å². The van der Waals surface area contributed by atoms with E-state index < -0.39 is 0 Å². The van der Waals surface area contributed by atoms with Gasteiger partial charge in [-0.15, -0.1) is 0 Å². The lowest BCUT2D eigenvalue weighted by molar-refractivity contribution is 0.0188. The summed E-state index contributed by atoms with van der Waals surface area (Å²) in [5, 5.41) is 0. The van der Waals surface area contributed by atoms with Crippen molar-refractivity contribution >= 4 is 0 Å². The Balaban J connectivity index is 5.09. The van der Waals surface area contributed by atoms with Gasteiger partial charge < -0.3 is 0 Å². The Kier molecular flexibility index (Phi) is 8.02. The van der Waals surface area contributed by atoms with Gasteiger partial charge in [0.05, 0.1) is 0 Å². The Morgan fingerprint density at radius 1 is 0.429 bits per heavy atom. The molecule has 0 aliphatic rings. The second-order valence-electron chi connectivity index (χ2n) is 9.32. The van der Waals surface area contributed by atoms with Crippen LogP contribution in [-0.2, 0) is 0 Å². The van der Waals surface area contributed by atoms with E-state index in [1.165, 1.54) is 0 Å². The minimum absolute atomic E-state index is 0.394. The molecule has 128 valence electrons. The molecule has 0 heterocycles. The highest BCUT2D eigenvalue weighted by atomic mass is 14.5. The summed E-state index contributed by atoms with van der Waals surface area (Å²) in [6.45, 7) is 29.3. The van der Waals surface area contributed by atoms with E-state index in [4.69, 9.17) is 0 Å². The van der Waals surface area contributed by atoms with Crippen LogP contribution >= 0.6 is 0 Å². The summed E-state index contributed by atoms with van der Waals surface area (Å²) in [7, 11) is 0. The Bertz CT molecular complexity index is 258. The van der Waals surface area contributed by atoms with Crippen LogP contribution in [0.4, 0.5) is 0 Å². The first kappa shape index (κ1) is 21.0. The molecule has 0 bridgehead atoms. The summed E-state index contributed by atoms with van der Waals surface area (Å²) in [5.74, 6) is 6.22. The monoisotopic (exact) mass is 296 g/mol. The maximum absolute atomic E-state index is 2.51. The van der Waals surface area contributed by atoms with Crippen molar-refractivity contribution in [3.63, 3.8) is 0 Å². The van der Waals surface area contributed by atoms with Crippen molar-refractivity contribution in [2.24, 2.45) is 52.8 Å². The molecule has 0 heteroatoms. The molecule has 0 N–H and O–H groups in total. The average Bonchev–Trinajstić information content (AvgIpc) is 2.41. The van der Waals surface area contributed by atoms with Crippen LogP contribution in [0.2, 0.25) is 0 Å². The maximum Gasteiger partial charge on any atom is -0.0298 e. The fourth-order valence-electron chi connectivity index (χ4n) is 3.89. The molecule has 0 aromatic heterocycles. The van der Waals surface area contributed by atoms with E-state index >= 15 is 0 Å². The summed E-state index contributed by atoms with van der Waals surface area (Å²) in [6, 6.07) is 0. The molecule has 0 radical (unpaired) electrons. The minimum atomic E-state index is 0.394. The lowest BCUT2D eigenvalue weighted by Crippen LogP contribution is -2.40. The van der Waals surface area contributed by atoms with Crippen molar-refractivity contribution in [3.05, 3.63) is 0 Å². The highest BCUT2D eigenvalue weighted by Crippen LogP contribution is 2.47. The number of hydrogen-bond donors (Lipinski definition) is 0. The summed E-state index contributed by atoms with van der Waals surface area (Å²) >= 11 is 0. The Hall–Kier alpha value is 0. The van der Waals surface area contributed by atoms with Crippen LogP contribution in [0.25, 0.3) is 0 Å². The van der Waals surface area contributed by atoms with Crippen molar-refractivity contribution in [2.45, 2.75) is 83.1 Å². The van der Waals surface area contributed by atoms with Gasteiger partial charge in [0, 0.05) is 0 Å². The maximum atomic E-state index is 2.51. The van der Waals surface area contributed by atoms with Crippen molar-refractivity contribution in [3.8, 4) is 0 Å². The first-order chi connectivity index (χ1) is 9.35. The average molecular weight is 297 g/mol. The van der Waals surface area contributed by atoms with Crippen LogP contribution < -0.4 is 0 Å². The van der Waals surface area contributed by atoms with Gasteiger partial charge in [-0.05, 0) is 52.8 Å². The van der Waals surface area contributed by atoms with E-state index in [-0.39, 0.29) is 0 Å². The zero-order valence-electron chi connectivity index (χ0n) is 17.1. The van der Waals surface area contributed by atoms with Gasteiger partial charge >= 0.3 is 0 Å². The van der Waals surface area contributed by atoms with Gasteiger partial charge in [0.25, 0.3) is 0 Å². The van der Waals surface area contributed by atoms with Gasteiger partial charge in [0.2, 0.25) is 0 Å². The molecule has 6 atom stereocenters. The van der Waals surface area contributed by atoms with Crippen LogP contribution in [0.5, 0.6) is 0 Å². The molecular formula is C21H44. The quantitative estimate of drug-likeness (QED) is 0.446. The van der Waals surface area contributed by atoms with Gasteiger partial charge in [-0.25, -0.2) is 0 Å². The van der Waals surface area contributed by atoms with Gasteiger partial charge in [-0.1, -0.05) is 83.1 Å².